The Morgan fingerprint density at radius 2 is 1.10 bits per heavy atom. The van der Waals surface area contributed by atoms with Crippen LogP contribution < -0.4 is 30.4 Å². The van der Waals surface area contributed by atoms with Crippen LogP contribution in [-0.4, -0.2) is 6.71 Å². The molecule has 0 saturated carbocycles. The first-order valence-electron chi connectivity index (χ1n) is 29.7. The number of fused-ring (bicyclic) bond motifs is 11. The van der Waals surface area contributed by atoms with Gasteiger partial charge in [-0.3, -0.25) is 0 Å². The molecule has 82 heavy (non-hydrogen) atoms. The van der Waals surface area contributed by atoms with Crippen molar-refractivity contribution in [2.75, 3.05) is 14.7 Å². The van der Waals surface area contributed by atoms with Crippen LogP contribution in [0.2, 0.25) is 0 Å². The van der Waals surface area contributed by atoms with E-state index in [1.807, 2.05) is 11.3 Å². The molecule has 4 nitrogen and oxygen atoms in total. The Balaban J connectivity index is 1.12. The van der Waals surface area contributed by atoms with E-state index in [2.05, 4.69) is 293 Å². The van der Waals surface area contributed by atoms with Crippen molar-refractivity contribution in [3.8, 4) is 11.1 Å². The normalized spacial score (nSPS) is 15.4. The summed E-state index contributed by atoms with van der Waals surface area (Å²) in [7, 11) is 0. The molecule has 6 heteroatoms. The van der Waals surface area contributed by atoms with Crippen LogP contribution in [0.15, 0.2) is 192 Å². The average molecular weight is 1090 g/mol. The van der Waals surface area contributed by atoms with Gasteiger partial charge in [-0.2, -0.15) is 0 Å². The summed E-state index contributed by atoms with van der Waals surface area (Å²) in [6, 6.07) is 71.6. The first kappa shape index (κ1) is 52.3. The van der Waals surface area contributed by atoms with Gasteiger partial charge in [0.2, 0.25) is 0 Å². The highest BCUT2D eigenvalue weighted by Crippen LogP contribution is 2.58. The van der Waals surface area contributed by atoms with Crippen LogP contribution in [-0.2, 0) is 27.1 Å². The predicted octanol–water partition coefficient (Wildman–Crippen LogP) is 20.3. The van der Waals surface area contributed by atoms with E-state index in [9.17, 15) is 0 Å². The Hall–Kier alpha value is -7.80. The van der Waals surface area contributed by atoms with E-state index in [0.29, 0.717) is 0 Å². The van der Waals surface area contributed by atoms with Crippen molar-refractivity contribution in [3.63, 3.8) is 0 Å². The summed E-state index contributed by atoms with van der Waals surface area (Å²) >= 11 is 1.99. The molecule has 0 atom stereocenters. The fourth-order valence-electron chi connectivity index (χ4n) is 13.8. The third kappa shape index (κ3) is 8.29. The summed E-state index contributed by atoms with van der Waals surface area (Å²) in [6.45, 7) is 30.9. The maximum absolute atomic E-state index is 6.61. The van der Waals surface area contributed by atoms with Crippen molar-refractivity contribution in [2.45, 2.75) is 130 Å². The maximum atomic E-state index is 6.61. The van der Waals surface area contributed by atoms with E-state index in [1.165, 1.54) is 93.2 Å². The SMILES string of the molecule is CC(C)(C)c1ccc(N(c2ccc3c(c2)N(c2ccc4oc5ccccc5c4c2)c2cc4c(c5c2B3c2sc3ccc(C(C)(C)C)cc3c2N5c2ccc(C(C)(C)C)cc2)C(C)(C)CCC4(C)C)c2ccccc2-c2ccccc2)cc1. The van der Waals surface area contributed by atoms with Gasteiger partial charge in [-0.15, -0.1) is 11.3 Å². The Bertz CT molecular complexity index is 4350. The number of hydrogen-bond acceptors (Lipinski definition) is 5. The minimum Gasteiger partial charge on any atom is -0.456 e. The average Bonchev–Trinajstić information content (AvgIpc) is 1.15. The van der Waals surface area contributed by atoms with Crippen LogP contribution in [0.5, 0.6) is 0 Å². The molecule has 11 aromatic rings. The summed E-state index contributed by atoms with van der Waals surface area (Å²) < 4.78 is 9.31. The van der Waals surface area contributed by atoms with E-state index in [0.717, 1.165) is 57.5 Å². The Kier molecular flexibility index (Phi) is 11.7. The zero-order valence-electron chi connectivity index (χ0n) is 50.0. The number of furan rings is 1. The second kappa shape index (κ2) is 18.4. The number of hydrogen-bond donors (Lipinski definition) is 0. The van der Waals surface area contributed by atoms with Gasteiger partial charge >= 0.3 is 0 Å². The van der Waals surface area contributed by atoms with Crippen molar-refractivity contribution >= 4 is 117 Å². The van der Waals surface area contributed by atoms with Crippen LogP contribution in [0.25, 0.3) is 43.2 Å². The van der Waals surface area contributed by atoms with Crippen LogP contribution >= 0.6 is 11.3 Å². The molecule has 1 aliphatic carbocycles. The number of rotatable bonds is 6. The van der Waals surface area contributed by atoms with Crippen LogP contribution in [0.4, 0.5) is 51.2 Å². The molecule has 0 radical (unpaired) electrons. The standard InChI is InChI=1S/C76H74BN3OS/c1-72(2,3)48-27-32-51(33-28-48)78(61-25-19-17-23-55(61)47-21-15-14-16-22-47)54-36-38-60-62(45-54)79(53-37-39-65-57(44-53)56-24-18-20-26-64(56)81-65)63-46-59-67(76(12,13)42-41-75(59,10)11)70-68(63)77(60)71-69(58-43-50(74(7,8)9)31-40-66(58)82-71)80(70)52-34-29-49(30-35-52)73(4,5)6/h14-40,43-46H,41-42H2,1-13H3. The van der Waals surface area contributed by atoms with Crippen molar-refractivity contribution in [1.29, 1.82) is 0 Å². The third-order valence-corrected chi connectivity index (χ3v) is 19.8. The first-order valence-corrected chi connectivity index (χ1v) is 30.5. The zero-order valence-corrected chi connectivity index (χ0v) is 50.9. The zero-order chi connectivity index (χ0) is 57.0. The van der Waals surface area contributed by atoms with Crippen LogP contribution in [0, 0.1) is 0 Å². The summed E-state index contributed by atoms with van der Waals surface area (Å²) in [5, 5.41) is 3.56. The van der Waals surface area contributed by atoms with Crippen LogP contribution in [0.3, 0.4) is 0 Å². The second-order valence-corrected chi connectivity index (χ2v) is 29.1. The summed E-state index contributed by atoms with van der Waals surface area (Å²) in [6.07, 6.45) is 2.19. The minimum absolute atomic E-state index is 0.000524. The van der Waals surface area contributed by atoms with Gasteiger partial charge in [0, 0.05) is 71.0 Å². The lowest BCUT2D eigenvalue weighted by Crippen LogP contribution is -2.61. The lowest BCUT2D eigenvalue weighted by Gasteiger charge is -2.50. The predicted molar refractivity (Wildman–Crippen MR) is 355 cm³/mol. The minimum atomic E-state index is -0.123. The number of nitrogens with zero attached hydrogens (tertiary/aromatic N) is 3. The molecule has 0 spiro atoms. The summed E-state index contributed by atoms with van der Waals surface area (Å²) in [5.41, 5.74) is 24.2. The number of anilines is 9. The van der Waals surface area contributed by atoms with Gasteiger partial charge in [0.25, 0.3) is 6.71 Å². The van der Waals surface area contributed by atoms with Gasteiger partial charge in [0.1, 0.15) is 11.2 Å². The quantitative estimate of drug-likeness (QED) is 0.155. The third-order valence-electron chi connectivity index (χ3n) is 18.5. The number of thiophene rings is 1. The first-order chi connectivity index (χ1) is 39.0. The lowest BCUT2D eigenvalue weighted by molar-refractivity contribution is 0.333. The van der Waals surface area contributed by atoms with Crippen molar-refractivity contribution in [1.82, 2.24) is 0 Å². The van der Waals surface area contributed by atoms with E-state index in [1.54, 1.807) is 0 Å². The van der Waals surface area contributed by atoms with Crippen molar-refractivity contribution < 1.29 is 4.42 Å². The fraction of sp³-hybridized carbons (Fsp3) is 0.263. The van der Waals surface area contributed by atoms with Gasteiger partial charge in [0.05, 0.1) is 11.4 Å². The number of benzene rings is 9. The van der Waals surface area contributed by atoms with E-state index < -0.39 is 0 Å². The molecule has 4 heterocycles. The molecule has 2 aliphatic heterocycles. The van der Waals surface area contributed by atoms with Gasteiger partial charge in [-0.25, -0.2) is 0 Å². The molecule has 0 N–H and O–H groups in total. The molecule has 3 aliphatic rings. The Labute approximate surface area is 490 Å². The van der Waals surface area contributed by atoms with E-state index in [4.69, 9.17) is 4.42 Å². The highest BCUT2D eigenvalue weighted by molar-refractivity contribution is 7.33. The molecule has 0 fully saturated rings. The molecule has 0 bridgehead atoms. The highest BCUT2D eigenvalue weighted by Gasteiger charge is 2.51. The molecule has 14 rings (SSSR count). The van der Waals surface area contributed by atoms with E-state index >= 15 is 0 Å². The lowest BCUT2D eigenvalue weighted by atomic mass is 9.35. The monoisotopic (exact) mass is 1090 g/mol. The Morgan fingerprint density at radius 3 is 1.82 bits per heavy atom. The smallest absolute Gasteiger partial charge is 0.264 e. The van der Waals surface area contributed by atoms with Crippen LogP contribution in [0.1, 0.15) is 131 Å². The molecule has 408 valence electrons. The van der Waals surface area contributed by atoms with Crippen molar-refractivity contribution in [2.24, 2.45) is 0 Å². The molecular weight excluding hydrogens is 1010 g/mol. The fourth-order valence-corrected chi connectivity index (χ4v) is 15.1. The molecule has 0 unspecified atom stereocenters. The molecule has 9 aromatic carbocycles. The summed E-state index contributed by atoms with van der Waals surface area (Å²) in [5.74, 6) is 0. The molecule has 0 saturated heterocycles. The van der Waals surface area contributed by atoms with Gasteiger partial charge in [0.15, 0.2) is 0 Å². The van der Waals surface area contributed by atoms with E-state index in [-0.39, 0.29) is 33.8 Å². The maximum Gasteiger partial charge on any atom is 0.264 e. The molecule has 2 aromatic heterocycles. The Morgan fingerprint density at radius 1 is 0.488 bits per heavy atom. The largest absolute Gasteiger partial charge is 0.456 e. The summed E-state index contributed by atoms with van der Waals surface area (Å²) in [4.78, 5) is 7.90. The van der Waals surface area contributed by atoms with Gasteiger partial charge in [-0.05, 0) is 169 Å². The second-order valence-electron chi connectivity index (χ2n) is 28.1. The van der Waals surface area contributed by atoms with Gasteiger partial charge in [-0.1, -0.05) is 193 Å². The number of para-hydroxylation sites is 2. The van der Waals surface area contributed by atoms with Gasteiger partial charge < -0.3 is 19.1 Å². The molecule has 0 amide bonds. The highest BCUT2D eigenvalue weighted by atomic mass is 32.1. The molecular formula is C76H74BN3OS. The van der Waals surface area contributed by atoms with Crippen molar-refractivity contribution in [3.05, 3.63) is 216 Å². The topological polar surface area (TPSA) is 22.9 Å².